The van der Waals surface area contributed by atoms with Gasteiger partial charge in [0.2, 0.25) is 5.91 Å². The monoisotopic (exact) mass is 307 g/mol. The molecule has 1 unspecified atom stereocenters. The van der Waals surface area contributed by atoms with Gasteiger partial charge < -0.3 is 9.80 Å². The van der Waals surface area contributed by atoms with Crippen molar-refractivity contribution in [1.82, 2.24) is 14.9 Å². The average Bonchev–Trinajstić information content (AvgIpc) is 2.60. The highest BCUT2D eigenvalue weighted by atomic mass is 16.2. The van der Waals surface area contributed by atoms with Crippen molar-refractivity contribution in [2.75, 3.05) is 25.0 Å². The third-order valence-electron chi connectivity index (χ3n) is 4.05. The molecule has 2 heterocycles. The van der Waals surface area contributed by atoms with E-state index in [-0.39, 0.29) is 11.9 Å². The fraction of sp³-hybridized carbons (Fsp3) is 0.294. The lowest BCUT2D eigenvalue weighted by atomic mass is 10.0. The Bertz CT molecular complexity index is 740. The first-order chi connectivity index (χ1) is 11.2. The molecule has 116 valence electrons. The first-order valence-corrected chi connectivity index (χ1v) is 7.46. The third kappa shape index (κ3) is 3.14. The van der Waals surface area contributed by atoms with Gasteiger partial charge in [0.1, 0.15) is 30.0 Å². The fourth-order valence-electron chi connectivity index (χ4n) is 2.79. The molecule has 1 aromatic carbocycles. The van der Waals surface area contributed by atoms with Crippen LogP contribution < -0.4 is 4.90 Å². The number of rotatable bonds is 3. The first kappa shape index (κ1) is 15.0. The van der Waals surface area contributed by atoms with Crippen LogP contribution in [-0.4, -0.2) is 47.0 Å². The molecule has 1 saturated heterocycles. The molecule has 1 fully saturated rings. The largest absolute Gasteiger partial charge is 0.342 e. The van der Waals surface area contributed by atoms with E-state index in [0.29, 0.717) is 31.0 Å². The van der Waals surface area contributed by atoms with Crippen LogP contribution in [0.4, 0.5) is 5.82 Å². The summed E-state index contributed by atoms with van der Waals surface area (Å²) >= 11 is 0. The van der Waals surface area contributed by atoms with Crippen LogP contribution >= 0.6 is 0 Å². The van der Waals surface area contributed by atoms with Crippen LogP contribution in [0.1, 0.15) is 11.3 Å². The van der Waals surface area contributed by atoms with E-state index < -0.39 is 0 Å². The minimum Gasteiger partial charge on any atom is -0.342 e. The van der Waals surface area contributed by atoms with Crippen LogP contribution in [0.25, 0.3) is 0 Å². The molecule has 1 aromatic heterocycles. The Morgan fingerprint density at radius 3 is 2.78 bits per heavy atom. The summed E-state index contributed by atoms with van der Waals surface area (Å²) in [6, 6.07) is 13.3. The third-order valence-corrected chi connectivity index (χ3v) is 4.05. The second-order valence-electron chi connectivity index (χ2n) is 5.53. The Morgan fingerprint density at radius 2 is 2.04 bits per heavy atom. The van der Waals surface area contributed by atoms with Crippen molar-refractivity contribution >= 4 is 11.7 Å². The van der Waals surface area contributed by atoms with E-state index >= 15 is 0 Å². The van der Waals surface area contributed by atoms with Gasteiger partial charge in [-0.3, -0.25) is 4.79 Å². The number of piperazine rings is 1. The smallest absolute Gasteiger partial charge is 0.245 e. The summed E-state index contributed by atoms with van der Waals surface area (Å²) in [4.78, 5) is 24.5. The number of hydrogen-bond donors (Lipinski definition) is 0. The molecule has 23 heavy (non-hydrogen) atoms. The molecule has 1 atom stereocenters. The maximum absolute atomic E-state index is 12.6. The Kier molecular flexibility index (Phi) is 4.20. The maximum atomic E-state index is 12.6. The summed E-state index contributed by atoms with van der Waals surface area (Å²) in [6.07, 6.45) is 1.98. The molecule has 0 saturated carbocycles. The average molecular weight is 307 g/mol. The summed E-state index contributed by atoms with van der Waals surface area (Å²) < 4.78 is 0. The van der Waals surface area contributed by atoms with E-state index in [1.807, 2.05) is 48.3 Å². The molecule has 1 amide bonds. The topological polar surface area (TPSA) is 73.1 Å². The number of likely N-dealkylation sites (N-methyl/N-ethyl adjacent to an activating group) is 1. The summed E-state index contributed by atoms with van der Waals surface area (Å²) in [7, 11) is 1.82. The van der Waals surface area contributed by atoms with Gasteiger partial charge in [-0.15, -0.1) is 0 Å². The quantitative estimate of drug-likeness (QED) is 0.853. The lowest BCUT2D eigenvalue weighted by molar-refractivity contribution is -0.132. The zero-order valence-corrected chi connectivity index (χ0v) is 12.9. The van der Waals surface area contributed by atoms with Crippen molar-refractivity contribution in [2.45, 2.75) is 12.5 Å². The molecule has 1 aliphatic heterocycles. The van der Waals surface area contributed by atoms with Crippen molar-refractivity contribution in [3.8, 4) is 6.07 Å². The van der Waals surface area contributed by atoms with Crippen molar-refractivity contribution in [3.63, 3.8) is 0 Å². The van der Waals surface area contributed by atoms with Gasteiger partial charge in [0.25, 0.3) is 0 Å². The van der Waals surface area contributed by atoms with E-state index in [0.717, 1.165) is 5.56 Å². The Labute approximate surface area is 135 Å². The number of anilines is 1. The molecular weight excluding hydrogens is 290 g/mol. The number of hydrogen-bond acceptors (Lipinski definition) is 5. The van der Waals surface area contributed by atoms with E-state index in [1.54, 1.807) is 11.0 Å². The van der Waals surface area contributed by atoms with Gasteiger partial charge in [-0.1, -0.05) is 30.3 Å². The van der Waals surface area contributed by atoms with Crippen LogP contribution in [0.5, 0.6) is 0 Å². The van der Waals surface area contributed by atoms with Gasteiger partial charge in [0, 0.05) is 32.6 Å². The van der Waals surface area contributed by atoms with E-state index in [1.165, 1.54) is 6.33 Å². The molecule has 2 aromatic rings. The highest BCUT2D eigenvalue weighted by Crippen LogP contribution is 2.21. The molecule has 3 rings (SSSR count). The predicted molar refractivity (Wildman–Crippen MR) is 85.7 cm³/mol. The van der Waals surface area contributed by atoms with Crippen molar-refractivity contribution in [3.05, 3.63) is 54.0 Å². The summed E-state index contributed by atoms with van der Waals surface area (Å²) in [5, 5.41) is 9.02. The van der Waals surface area contributed by atoms with Gasteiger partial charge in [-0.05, 0) is 5.56 Å². The Balaban J connectivity index is 1.92. The molecule has 0 radical (unpaired) electrons. The fourth-order valence-corrected chi connectivity index (χ4v) is 2.79. The van der Waals surface area contributed by atoms with Gasteiger partial charge in [0.15, 0.2) is 0 Å². The zero-order chi connectivity index (χ0) is 16.2. The summed E-state index contributed by atoms with van der Waals surface area (Å²) in [5.74, 6) is 0.691. The number of nitriles is 1. The van der Waals surface area contributed by atoms with Crippen LogP contribution in [-0.2, 0) is 11.2 Å². The van der Waals surface area contributed by atoms with Crippen LogP contribution in [0.15, 0.2) is 42.7 Å². The normalized spacial score (nSPS) is 17.9. The molecule has 0 N–H and O–H groups in total. The molecule has 0 bridgehead atoms. The van der Waals surface area contributed by atoms with Crippen molar-refractivity contribution < 1.29 is 4.79 Å². The zero-order valence-electron chi connectivity index (χ0n) is 12.9. The molecule has 0 spiro atoms. The van der Waals surface area contributed by atoms with E-state index in [9.17, 15) is 4.79 Å². The van der Waals surface area contributed by atoms with Gasteiger partial charge in [-0.2, -0.15) is 5.26 Å². The van der Waals surface area contributed by atoms with Gasteiger partial charge in [-0.25, -0.2) is 9.97 Å². The number of carbonyl (C=O) groups excluding carboxylic acids is 1. The number of amides is 1. The Hall–Kier alpha value is -2.94. The molecule has 0 aliphatic carbocycles. The summed E-state index contributed by atoms with van der Waals surface area (Å²) in [5.41, 5.74) is 1.40. The lowest BCUT2D eigenvalue weighted by Gasteiger charge is -2.40. The van der Waals surface area contributed by atoms with Crippen LogP contribution in [0.3, 0.4) is 0 Å². The molecule has 6 heteroatoms. The second-order valence-corrected chi connectivity index (χ2v) is 5.53. The predicted octanol–water partition coefficient (Wildman–Crippen LogP) is 1.24. The number of nitrogens with zero attached hydrogens (tertiary/aromatic N) is 5. The minimum absolute atomic E-state index is 0.0669. The highest BCUT2D eigenvalue weighted by Gasteiger charge is 2.34. The maximum Gasteiger partial charge on any atom is 0.245 e. The van der Waals surface area contributed by atoms with Gasteiger partial charge >= 0.3 is 0 Å². The Morgan fingerprint density at radius 1 is 1.26 bits per heavy atom. The SMILES string of the molecule is CN1CCN(c2cc(C#N)ncn2)C(Cc2ccccc2)C1=O. The molecular formula is C17H17N5O. The number of benzene rings is 1. The molecule has 1 aliphatic rings. The van der Waals surface area contributed by atoms with E-state index in [2.05, 4.69) is 9.97 Å². The first-order valence-electron chi connectivity index (χ1n) is 7.46. The van der Waals surface area contributed by atoms with Crippen LogP contribution in [0, 0.1) is 11.3 Å². The minimum atomic E-state index is -0.322. The number of carbonyl (C=O) groups is 1. The number of aromatic nitrogens is 2. The highest BCUT2D eigenvalue weighted by molar-refractivity contribution is 5.86. The second kappa shape index (κ2) is 6.44. The van der Waals surface area contributed by atoms with Crippen LogP contribution in [0.2, 0.25) is 0 Å². The lowest BCUT2D eigenvalue weighted by Crippen LogP contribution is -2.57. The van der Waals surface area contributed by atoms with E-state index in [4.69, 9.17) is 5.26 Å². The standard InChI is InChI=1S/C17H17N5O/c1-21-7-8-22(16-10-14(11-18)19-12-20-16)15(17(21)23)9-13-5-3-2-4-6-13/h2-6,10,12,15H,7-9H2,1H3. The van der Waals surface area contributed by atoms with Crippen molar-refractivity contribution in [2.24, 2.45) is 0 Å². The van der Waals surface area contributed by atoms with Gasteiger partial charge in [0.05, 0.1) is 0 Å². The molecule has 6 nitrogen and oxygen atoms in total. The summed E-state index contributed by atoms with van der Waals surface area (Å²) in [6.45, 7) is 1.32. The van der Waals surface area contributed by atoms with Crippen molar-refractivity contribution in [1.29, 1.82) is 5.26 Å².